The lowest BCUT2D eigenvalue weighted by atomic mass is 10.1. The number of hydrogen-bond donors (Lipinski definition) is 2. The van der Waals surface area contributed by atoms with Crippen LogP contribution in [-0.2, 0) is 11.2 Å². The van der Waals surface area contributed by atoms with Gasteiger partial charge < -0.3 is 10.1 Å². The molecular formula is C13H10N2O2. The fourth-order valence-electron chi connectivity index (χ4n) is 2.10. The topological polar surface area (TPSA) is 66.0 Å². The smallest absolute Gasteiger partial charge is 0.307 e. The average molecular weight is 226 g/mol. The number of aliphatic carboxylic acids is 1. The van der Waals surface area contributed by atoms with E-state index in [4.69, 9.17) is 5.11 Å². The number of H-pyrrole nitrogens is 1. The Hall–Kier alpha value is -2.36. The number of fused-ring (bicyclic) bond motifs is 3. The molecular weight excluding hydrogens is 216 g/mol. The largest absolute Gasteiger partial charge is 0.481 e. The normalized spacial score (nSPS) is 11.1. The van der Waals surface area contributed by atoms with Gasteiger partial charge in [-0.1, -0.05) is 6.07 Å². The lowest BCUT2D eigenvalue weighted by molar-refractivity contribution is -0.136. The molecule has 84 valence electrons. The fraction of sp³-hybridized carbons (Fsp3) is 0.0769. The van der Waals surface area contributed by atoms with Crippen molar-refractivity contribution in [3.63, 3.8) is 0 Å². The predicted octanol–water partition coefficient (Wildman–Crippen LogP) is 2.34. The van der Waals surface area contributed by atoms with Gasteiger partial charge in [-0.3, -0.25) is 9.78 Å². The predicted molar refractivity (Wildman–Crippen MR) is 64.9 cm³/mol. The van der Waals surface area contributed by atoms with E-state index in [1.807, 2.05) is 30.5 Å². The van der Waals surface area contributed by atoms with Crippen LogP contribution < -0.4 is 0 Å². The van der Waals surface area contributed by atoms with Crippen molar-refractivity contribution in [1.29, 1.82) is 0 Å². The molecule has 0 fully saturated rings. The van der Waals surface area contributed by atoms with Gasteiger partial charge in [0.05, 0.1) is 11.9 Å². The molecule has 0 radical (unpaired) electrons. The Bertz CT molecular complexity index is 716. The molecule has 4 heteroatoms. The first-order valence-electron chi connectivity index (χ1n) is 5.31. The highest BCUT2D eigenvalue weighted by atomic mass is 16.4. The van der Waals surface area contributed by atoms with Crippen LogP contribution in [0.1, 0.15) is 5.56 Å². The minimum absolute atomic E-state index is 0.0125. The second kappa shape index (κ2) is 3.59. The van der Waals surface area contributed by atoms with Crippen molar-refractivity contribution in [3.8, 4) is 0 Å². The number of carboxylic acid groups (broad SMARTS) is 1. The maximum atomic E-state index is 10.7. The monoisotopic (exact) mass is 226 g/mol. The van der Waals surface area contributed by atoms with Crippen LogP contribution in [0, 0.1) is 0 Å². The minimum Gasteiger partial charge on any atom is -0.481 e. The van der Waals surface area contributed by atoms with Crippen molar-refractivity contribution in [2.24, 2.45) is 0 Å². The van der Waals surface area contributed by atoms with Crippen molar-refractivity contribution in [2.45, 2.75) is 6.42 Å². The third kappa shape index (κ3) is 1.54. The third-order valence-electron chi connectivity index (χ3n) is 2.85. The fourth-order valence-corrected chi connectivity index (χ4v) is 2.10. The molecule has 2 aromatic heterocycles. The summed E-state index contributed by atoms with van der Waals surface area (Å²) in [5.74, 6) is -0.834. The number of nitrogens with one attached hydrogen (secondary N) is 1. The zero-order valence-corrected chi connectivity index (χ0v) is 8.97. The summed E-state index contributed by atoms with van der Waals surface area (Å²) in [7, 11) is 0. The zero-order valence-electron chi connectivity index (χ0n) is 8.97. The van der Waals surface area contributed by atoms with Crippen LogP contribution in [0.2, 0.25) is 0 Å². The van der Waals surface area contributed by atoms with Gasteiger partial charge in [0.25, 0.3) is 0 Å². The van der Waals surface area contributed by atoms with Crippen LogP contribution >= 0.6 is 0 Å². The summed E-state index contributed by atoms with van der Waals surface area (Å²) in [6, 6.07) is 7.75. The maximum absolute atomic E-state index is 10.7. The van der Waals surface area contributed by atoms with Crippen LogP contribution in [0.15, 0.2) is 36.7 Å². The third-order valence-corrected chi connectivity index (χ3v) is 2.85. The Kier molecular flexibility index (Phi) is 2.08. The lowest BCUT2D eigenvalue weighted by Crippen LogP contribution is -1.98. The molecule has 0 saturated heterocycles. The van der Waals surface area contributed by atoms with Gasteiger partial charge in [0.1, 0.15) is 0 Å². The van der Waals surface area contributed by atoms with Crippen molar-refractivity contribution in [1.82, 2.24) is 9.97 Å². The molecule has 0 amide bonds. The van der Waals surface area contributed by atoms with E-state index in [1.54, 1.807) is 6.20 Å². The van der Waals surface area contributed by atoms with Gasteiger partial charge in [-0.05, 0) is 23.8 Å². The molecule has 0 unspecified atom stereocenters. The van der Waals surface area contributed by atoms with Crippen molar-refractivity contribution < 1.29 is 9.90 Å². The van der Waals surface area contributed by atoms with E-state index in [-0.39, 0.29) is 6.42 Å². The first kappa shape index (κ1) is 9.84. The molecule has 0 saturated carbocycles. The summed E-state index contributed by atoms with van der Waals surface area (Å²) in [5, 5.41) is 10.8. The quantitative estimate of drug-likeness (QED) is 0.704. The van der Waals surface area contributed by atoms with Gasteiger partial charge in [-0.25, -0.2) is 0 Å². The Labute approximate surface area is 96.9 Å². The van der Waals surface area contributed by atoms with Gasteiger partial charge in [0.15, 0.2) is 0 Å². The highest BCUT2D eigenvalue weighted by molar-refractivity contribution is 6.05. The number of carboxylic acids is 1. The van der Waals surface area contributed by atoms with E-state index in [9.17, 15) is 4.79 Å². The number of pyridine rings is 1. The molecule has 3 aromatic rings. The summed E-state index contributed by atoms with van der Waals surface area (Å²) in [4.78, 5) is 18.2. The maximum Gasteiger partial charge on any atom is 0.307 e. The van der Waals surface area contributed by atoms with E-state index < -0.39 is 5.97 Å². The van der Waals surface area contributed by atoms with E-state index >= 15 is 0 Å². The first-order valence-corrected chi connectivity index (χ1v) is 5.31. The van der Waals surface area contributed by atoms with E-state index in [2.05, 4.69) is 9.97 Å². The summed E-state index contributed by atoms with van der Waals surface area (Å²) in [6.07, 6.45) is 3.51. The summed E-state index contributed by atoms with van der Waals surface area (Å²) in [6.45, 7) is 0. The average Bonchev–Trinajstić information content (AvgIpc) is 2.72. The molecule has 2 heterocycles. The molecule has 0 spiro atoms. The van der Waals surface area contributed by atoms with Crippen molar-refractivity contribution in [3.05, 3.63) is 42.2 Å². The molecule has 0 bridgehead atoms. The van der Waals surface area contributed by atoms with E-state index in [0.29, 0.717) is 0 Å². The zero-order chi connectivity index (χ0) is 11.8. The van der Waals surface area contributed by atoms with Gasteiger partial charge in [-0.15, -0.1) is 0 Å². The molecule has 1 aromatic carbocycles. The van der Waals surface area contributed by atoms with Crippen LogP contribution in [0.25, 0.3) is 21.8 Å². The standard InChI is InChI=1S/C13H10N2O2/c16-12(17)6-8-7-15-13-9(8)3-4-11-10(13)2-1-5-14-11/h1-5,7,14H,6H2,(H,16,17). The molecule has 4 nitrogen and oxygen atoms in total. The molecule has 17 heavy (non-hydrogen) atoms. The van der Waals surface area contributed by atoms with E-state index in [1.165, 1.54) is 0 Å². The molecule has 0 aliphatic carbocycles. The van der Waals surface area contributed by atoms with Gasteiger partial charge in [0.2, 0.25) is 0 Å². The number of benzene rings is 1. The van der Waals surface area contributed by atoms with Crippen molar-refractivity contribution >= 4 is 27.8 Å². The Morgan fingerprint density at radius 3 is 3.00 bits per heavy atom. The van der Waals surface area contributed by atoms with Crippen LogP contribution in [-0.4, -0.2) is 21.0 Å². The summed E-state index contributed by atoms with van der Waals surface area (Å²) in [5.41, 5.74) is 2.62. The number of aromatic nitrogens is 2. The Balaban J connectivity index is 2.31. The molecule has 0 aliphatic rings. The number of aromatic amines is 1. The van der Waals surface area contributed by atoms with Gasteiger partial charge in [-0.2, -0.15) is 0 Å². The van der Waals surface area contributed by atoms with Crippen LogP contribution in [0.4, 0.5) is 0 Å². The lowest BCUT2D eigenvalue weighted by Gasteiger charge is -1.99. The van der Waals surface area contributed by atoms with E-state index in [0.717, 1.165) is 27.4 Å². The number of hydrogen-bond acceptors (Lipinski definition) is 2. The second-order valence-corrected chi connectivity index (χ2v) is 3.95. The van der Waals surface area contributed by atoms with Gasteiger partial charge >= 0.3 is 5.97 Å². The first-order chi connectivity index (χ1) is 8.25. The molecule has 3 rings (SSSR count). The molecule has 0 aliphatic heterocycles. The highest BCUT2D eigenvalue weighted by Crippen LogP contribution is 2.25. The minimum atomic E-state index is -0.834. The van der Waals surface area contributed by atoms with Crippen LogP contribution in [0.5, 0.6) is 0 Å². The summed E-state index contributed by atoms with van der Waals surface area (Å²) >= 11 is 0. The summed E-state index contributed by atoms with van der Waals surface area (Å²) < 4.78 is 0. The number of nitrogens with zero attached hydrogens (tertiary/aromatic N) is 1. The van der Waals surface area contributed by atoms with Crippen LogP contribution in [0.3, 0.4) is 0 Å². The van der Waals surface area contributed by atoms with Crippen molar-refractivity contribution in [2.75, 3.05) is 0 Å². The SMILES string of the molecule is O=C(O)Cc1cnc2c1ccc1[nH]cccc12. The molecule has 2 N–H and O–H groups in total. The number of carbonyl (C=O) groups is 1. The molecule has 0 atom stereocenters. The second-order valence-electron chi connectivity index (χ2n) is 3.95. The number of rotatable bonds is 2. The Morgan fingerprint density at radius 2 is 2.18 bits per heavy atom. The Morgan fingerprint density at radius 1 is 1.29 bits per heavy atom. The highest BCUT2D eigenvalue weighted by Gasteiger charge is 2.10. The van der Waals surface area contributed by atoms with Gasteiger partial charge in [0, 0.05) is 28.7 Å².